The highest BCUT2D eigenvalue weighted by molar-refractivity contribution is 5.30. The molecule has 1 saturated carbocycles. The average Bonchev–Trinajstić information content (AvgIpc) is 2.45. The Balaban J connectivity index is 1.87. The predicted octanol–water partition coefficient (Wildman–Crippen LogP) is 2.53. The van der Waals surface area contributed by atoms with Gasteiger partial charge in [-0.2, -0.15) is 0 Å². The van der Waals surface area contributed by atoms with Crippen molar-refractivity contribution in [1.29, 1.82) is 0 Å². The lowest BCUT2D eigenvalue weighted by Crippen LogP contribution is -2.41. The summed E-state index contributed by atoms with van der Waals surface area (Å²) in [7, 11) is 2.12. The number of hydrogen-bond donors (Lipinski definition) is 1. The van der Waals surface area contributed by atoms with Gasteiger partial charge < -0.3 is 10.2 Å². The van der Waals surface area contributed by atoms with Crippen molar-refractivity contribution >= 4 is 5.95 Å². The Morgan fingerprint density at radius 2 is 2.05 bits per heavy atom. The second kappa shape index (κ2) is 6.85. The van der Waals surface area contributed by atoms with E-state index in [1.807, 2.05) is 19.2 Å². The highest BCUT2D eigenvalue weighted by Crippen LogP contribution is 2.24. The van der Waals surface area contributed by atoms with Crippen LogP contribution < -0.4 is 10.2 Å². The van der Waals surface area contributed by atoms with Crippen LogP contribution in [-0.4, -0.2) is 35.6 Å². The quantitative estimate of drug-likeness (QED) is 0.885. The van der Waals surface area contributed by atoms with Crippen molar-refractivity contribution in [2.45, 2.75) is 58.0 Å². The summed E-state index contributed by atoms with van der Waals surface area (Å²) in [5.41, 5.74) is 1.04. The van der Waals surface area contributed by atoms with E-state index in [1.165, 1.54) is 32.1 Å². The Bertz CT molecular complexity index is 385. The fourth-order valence-electron chi connectivity index (χ4n) is 2.78. The lowest BCUT2D eigenvalue weighted by atomic mass is 9.90. The van der Waals surface area contributed by atoms with Crippen molar-refractivity contribution in [1.82, 2.24) is 15.3 Å². The van der Waals surface area contributed by atoms with E-state index in [9.17, 15) is 0 Å². The van der Waals surface area contributed by atoms with E-state index in [0.717, 1.165) is 18.2 Å². The summed E-state index contributed by atoms with van der Waals surface area (Å²) >= 11 is 0. The maximum Gasteiger partial charge on any atom is 0.225 e. The van der Waals surface area contributed by atoms with Crippen molar-refractivity contribution in [3.8, 4) is 0 Å². The molecule has 19 heavy (non-hydrogen) atoms. The van der Waals surface area contributed by atoms with Crippen molar-refractivity contribution < 1.29 is 0 Å². The topological polar surface area (TPSA) is 41.0 Å². The standard InChI is InChI=1S/C15H26N4/c1-4-10-16-13-5-7-14(8-6-13)19(3)15-17-11-9-12(2)18-15/h9,11,13-14,16H,4-8,10H2,1-3H3. The maximum absolute atomic E-state index is 4.52. The molecule has 2 rings (SSSR count). The van der Waals surface area contributed by atoms with Gasteiger partial charge in [-0.3, -0.25) is 0 Å². The molecule has 1 aromatic rings. The van der Waals surface area contributed by atoms with Gasteiger partial charge in [0.05, 0.1) is 0 Å². The van der Waals surface area contributed by atoms with E-state index in [4.69, 9.17) is 0 Å². The molecule has 4 nitrogen and oxygen atoms in total. The molecule has 1 aliphatic carbocycles. The number of hydrogen-bond acceptors (Lipinski definition) is 4. The summed E-state index contributed by atoms with van der Waals surface area (Å²) in [4.78, 5) is 11.2. The summed E-state index contributed by atoms with van der Waals surface area (Å²) < 4.78 is 0. The minimum absolute atomic E-state index is 0.585. The minimum atomic E-state index is 0.585. The number of nitrogens with zero attached hydrogens (tertiary/aromatic N) is 3. The molecule has 0 atom stereocenters. The zero-order valence-electron chi connectivity index (χ0n) is 12.4. The van der Waals surface area contributed by atoms with Crippen LogP contribution in [0.2, 0.25) is 0 Å². The Labute approximate surface area is 116 Å². The van der Waals surface area contributed by atoms with E-state index in [2.05, 4.69) is 34.2 Å². The summed E-state index contributed by atoms with van der Waals surface area (Å²) in [6, 6.07) is 3.24. The van der Waals surface area contributed by atoms with Crippen LogP contribution in [0.4, 0.5) is 5.95 Å². The first-order valence-corrected chi connectivity index (χ1v) is 7.46. The molecule has 1 aromatic heterocycles. The fraction of sp³-hybridized carbons (Fsp3) is 0.733. The van der Waals surface area contributed by atoms with Gasteiger partial charge in [0.2, 0.25) is 5.95 Å². The number of nitrogens with one attached hydrogen (secondary N) is 1. The second-order valence-electron chi connectivity index (χ2n) is 5.57. The Morgan fingerprint density at radius 1 is 1.32 bits per heavy atom. The Morgan fingerprint density at radius 3 is 2.68 bits per heavy atom. The van der Waals surface area contributed by atoms with Crippen LogP contribution in [0.3, 0.4) is 0 Å². The molecule has 1 heterocycles. The maximum atomic E-state index is 4.52. The van der Waals surface area contributed by atoms with Gasteiger partial charge in [0.15, 0.2) is 0 Å². The predicted molar refractivity (Wildman–Crippen MR) is 79.5 cm³/mol. The van der Waals surface area contributed by atoms with Crippen molar-refractivity contribution in [2.75, 3.05) is 18.5 Å². The number of aryl methyl sites for hydroxylation is 1. The van der Waals surface area contributed by atoms with Gasteiger partial charge in [0, 0.05) is 31.0 Å². The number of rotatable bonds is 5. The summed E-state index contributed by atoms with van der Waals surface area (Å²) in [5, 5.41) is 3.63. The lowest BCUT2D eigenvalue weighted by molar-refractivity contribution is 0.336. The molecule has 0 amide bonds. The zero-order chi connectivity index (χ0) is 13.7. The molecule has 1 N–H and O–H groups in total. The van der Waals surface area contributed by atoms with E-state index in [1.54, 1.807) is 0 Å². The average molecular weight is 262 g/mol. The summed E-state index contributed by atoms with van der Waals surface area (Å²) in [6.07, 6.45) is 8.06. The Kier molecular flexibility index (Phi) is 5.14. The first kappa shape index (κ1) is 14.3. The first-order valence-electron chi connectivity index (χ1n) is 7.46. The normalized spacial score (nSPS) is 23.3. The van der Waals surface area contributed by atoms with E-state index in [-0.39, 0.29) is 0 Å². The van der Waals surface area contributed by atoms with Crippen LogP contribution in [0.25, 0.3) is 0 Å². The van der Waals surface area contributed by atoms with E-state index in [0.29, 0.717) is 12.1 Å². The second-order valence-corrected chi connectivity index (χ2v) is 5.57. The SMILES string of the molecule is CCCNC1CCC(N(C)c2nccc(C)n2)CC1. The zero-order valence-corrected chi connectivity index (χ0v) is 12.4. The van der Waals surface area contributed by atoms with Gasteiger partial charge in [-0.25, -0.2) is 9.97 Å². The molecular formula is C15H26N4. The third-order valence-corrected chi connectivity index (χ3v) is 4.03. The van der Waals surface area contributed by atoms with Crippen molar-refractivity contribution in [3.05, 3.63) is 18.0 Å². The van der Waals surface area contributed by atoms with E-state index >= 15 is 0 Å². The van der Waals surface area contributed by atoms with Gasteiger partial charge in [-0.1, -0.05) is 6.92 Å². The van der Waals surface area contributed by atoms with Crippen LogP contribution in [0, 0.1) is 6.92 Å². The molecule has 0 unspecified atom stereocenters. The number of anilines is 1. The minimum Gasteiger partial charge on any atom is -0.341 e. The van der Waals surface area contributed by atoms with Crippen molar-refractivity contribution in [3.63, 3.8) is 0 Å². The fourth-order valence-corrected chi connectivity index (χ4v) is 2.78. The smallest absolute Gasteiger partial charge is 0.225 e. The molecule has 0 saturated heterocycles. The molecular weight excluding hydrogens is 236 g/mol. The highest BCUT2D eigenvalue weighted by Gasteiger charge is 2.24. The molecule has 0 radical (unpaired) electrons. The van der Waals surface area contributed by atoms with Crippen LogP contribution in [0.1, 0.15) is 44.7 Å². The summed E-state index contributed by atoms with van der Waals surface area (Å²) in [6.45, 7) is 5.39. The number of aromatic nitrogens is 2. The molecule has 106 valence electrons. The Hall–Kier alpha value is -1.16. The molecule has 0 spiro atoms. The first-order chi connectivity index (χ1) is 9.20. The van der Waals surface area contributed by atoms with Crippen LogP contribution in [0.5, 0.6) is 0 Å². The molecule has 0 aliphatic heterocycles. The monoisotopic (exact) mass is 262 g/mol. The lowest BCUT2D eigenvalue weighted by Gasteiger charge is -2.35. The third kappa shape index (κ3) is 3.90. The van der Waals surface area contributed by atoms with Gasteiger partial charge in [-0.05, 0) is 51.6 Å². The van der Waals surface area contributed by atoms with Gasteiger partial charge in [0.25, 0.3) is 0 Å². The molecule has 1 fully saturated rings. The van der Waals surface area contributed by atoms with Crippen molar-refractivity contribution in [2.24, 2.45) is 0 Å². The molecule has 1 aliphatic rings. The van der Waals surface area contributed by atoms with Crippen LogP contribution in [-0.2, 0) is 0 Å². The summed E-state index contributed by atoms with van der Waals surface area (Å²) in [5.74, 6) is 0.866. The molecule has 4 heteroatoms. The van der Waals surface area contributed by atoms with Crippen LogP contribution in [0.15, 0.2) is 12.3 Å². The highest BCUT2D eigenvalue weighted by atomic mass is 15.2. The molecule has 0 aromatic carbocycles. The molecule has 0 bridgehead atoms. The van der Waals surface area contributed by atoms with Gasteiger partial charge in [0.1, 0.15) is 0 Å². The van der Waals surface area contributed by atoms with E-state index < -0.39 is 0 Å². The van der Waals surface area contributed by atoms with Crippen LogP contribution >= 0.6 is 0 Å². The van der Waals surface area contributed by atoms with Gasteiger partial charge in [-0.15, -0.1) is 0 Å². The third-order valence-electron chi connectivity index (χ3n) is 4.03. The van der Waals surface area contributed by atoms with Gasteiger partial charge >= 0.3 is 0 Å². The largest absolute Gasteiger partial charge is 0.341 e.